The number of benzene rings is 3. The highest BCUT2D eigenvalue weighted by atomic mass is 19.4. The van der Waals surface area contributed by atoms with Crippen molar-refractivity contribution in [3.63, 3.8) is 0 Å². The van der Waals surface area contributed by atoms with E-state index in [0.29, 0.717) is 28.2 Å². The van der Waals surface area contributed by atoms with Crippen molar-refractivity contribution in [3.8, 4) is 5.69 Å². The molecule has 0 radical (unpaired) electrons. The minimum atomic E-state index is -4.65. The van der Waals surface area contributed by atoms with Crippen LogP contribution in [0.2, 0.25) is 0 Å². The highest BCUT2D eigenvalue weighted by Gasteiger charge is 2.44. The maximum atomic E-state index is 14.3. The first-order valence-corrected chi connectivity index (χ1v) is 15.2. The number of rotatable bonds is 7. The number of likely N-dealkylation sites (N-methyl/N-ethyl adjacent to an activating group) is 1. The van der Waals surface area contributed by atoms with Crippen LogP contribution in [-0.2, 0) is 15.7 Å². The molecular formula is C35H36F3N5O4. The number of ether oxygens (including phenoxy) is 1. The van der Waals surface area contributed by atoms with Crippen LogP contribution in [0, 0.1) is 0 Å². The molecule has 3 atom stereocenters. The lowest BCUT2D eigenvalue weighted by molar-refractivity contribution is -0.137. The molecule has 5 rings (SSSR count). The highest BCUT2D eigenvalue weighted by molar-refractivity contribution is 6.05. The van der Waals surface area contributed by atoms with E-state index in [9.17, 15) is 27.6 Å². The van der Waals surface area contributed by atoms with Gasteiger partial charge in [0.2, 0.25) is 0 Å². The van der Waals surface area contributed by atoms with E-state index < -0.39 is 53.2 Å². The molecule has 0 unspecified atom stereocenters. The lowest BCUT2D eigenvalue weighted by atomic mass is 9.81. The van der Waals surface area contributed by atoms with Gasteiger partial charge in [0.05, 0.1) is 23.5 Å². The summed E-state index contributed by atoms with van der Waals surface area (Å²) in [6, 6.07) is 18.9. The number of nitrogens with zero attached hydrogens (tertiary/aromatic N) is 3. The van der Waals surface area contributed by atoms with Gasteiger partial charge < -0.3 is 15.4 Å². The number of amides is 3. The average molecular weight is 648 g/mol. The lowest BCUT2D eigenvalue weighted by Gasteiger charge is -2.38. The number of nitrogens with one attached hydrogen (secondary N) is 2. The second-order valence-corrected chi connectivity index (χ2v) is 12.3. The highest BCUT2D eigenvalue weighted by Crippen LogP contribution is 2.42. The van der Waals surface area contributed by atoms with Gasteiger partial charge in [0.1, 0.15) is 17.5 Å². The summed E-state index contributed by atoms with van der Waals surface area (Å²) in [7, 11) is 0. The zero-order chi connectivity index (χ0) is 34.1. The van der Waals surface area contributed by atoms with Gasteiger partial charge in [-0.3, -0.25) is 14.5 Å². The molecule has 2 heterocycles. The summed E-state index contributed by atoms with van der Waals surface area (Å²) in [5.74, 6) is -1.54. The fourth-order valence-corrected chi connectivity index (χ4v) is 5.67. The summed E-state index contributed by atoms with van der Waals surface area (Å²) in [6.45, 7) is 9.11. The van der Waals surface area contributed by atoms with Crippen molar-refractivity contribution in [3.05, 3.63) is 113 Å². The van der Waals surface area contributed by atoms with Gasteiger partial charge in [0.25, 0.3) is 11.8 Å². The fourth-order valence-electron chi connectivity index (χ4n) is 5.67. The Hall–Kier alpha value is -5.13. The molecule has 3 amide bonds. The minimum Gasteiger partial charge on any atom is -0.444 e. The molecule has 1 aliphatic rings. The van der Waals surface area contributed by atoms with E-state index in [0.717, 1.165) is 18.2 Å². The number of carbonyl (C=O) groups excluding carboxylic acids is 3. The number of hydrogen-bond acceptors (Lipinski definition) is 5. The molecule has 0 aliphatic carbocycles. The normalized spacial score (nSPS) is 17.1. The van der Waals surface area contributed by atoms with E-state index in [1.54, 1.807) is 57.6 Å². The predicted octanol–water partition coefficient (Wildman–Crippen LogP) is 6.77. The Labute approximate surface area is 270 Å². The van der Waals surface area contributed by atoms with Crippen molar-refractivity contribution >= 4 is 23.7 Å². The second kappa shape index (κ2) is 12.9. The van der Waals surface area contributed by atoms with Crippen LogP contribution in [-0.4, -0.2) is 45.9 Å². The van der Waals surface area contributed by atoms with Crippen molar-refractivity contribution in [2.45, 2.75) is 64.4 Å². The molecule has 0 fully saturated rings. The van der Waals surface area contributed by atoms with Crippen LogP contribution in [0.5, 0.6) is 0 Å². The van der Waals surface area contributed by atoms with Gasteiger partial charge in [-0.15, -0.1) is 0 Å². The minimum absolute atomic E-state index is 0.232. The summed E-state index contributed by atoms with van der Waals surface area (Å²) < 4.78 is 47.5. The molecular weight excluding hydrogens is 611 g/mol. The van der Waals surface area contributed by atoms with E-state index in [4.69, 9.17) is 4.74 Å². The van der Waals surface area contributed by atoms with Crippen LogP contribution >= 0.6 is 0 Å². The Morgan fingerprint density at radius 1 is 0.979 bits per heavy atom. The number of carbonyl (C=O) groups is 3. The summed E-state index contributed by atoms with van der Waals surface area (Å²) in [5, 5.41) is 10.2. The quantitative estimate of drug-likeness (QED) is 0.230. The molecule has 4 aromatic rings. The Morgan fingerprint density at radius 2 is 1.68 bits per heavy atom. The summed E-state index contributed by atoms with van der Waals surface area (Å²) in [4.78, 5) is 41.9. The predicted molar refractivity (Wildman–Crippen MR) is 170 cm³/mol. The molecule has 47 heavy (non-hydrogen) atoms. The topological polar surface area (TPSA) is 106 Å². The first-order valence-electron chi connectivity index (χ1n) is 15.2. The van der Waals surface area contributed by atoms with Crippen molar-refractivity contribution in [2.24, 2.45) is 0 Å². The number of hydrogen-bond donors (Lipinski definition) is 2. The SMILES string of the molecule is CCN1C(=O)[C@@H](NC(=O)c2cccc(C(F)(F)F)c2)[C@H](c2cccc([C@H](C)NC(=O)OC(C)(C)C)c2)c2cnn(-c3ccccc3)c21. The summed E-state index contributed by atoms with van der Waals surface area (Å²) in [5.41, 5.74) is 0.788. The molecule has 246 valence electrons. The third-order valence-electron chi connectivity index (χ3n) is 7.79. The van der Waals surface area contributed by atoms with Gasteiger partial charge in [0.15, 0.2) is 0 Å². The van der Waals surface area contributed by atoms with Gasteiger partial charge in [-0.2, -0.15) is 18.3 Å². The molecule has 9 nitrogen and oxygen atoms in total. The zero-order valence-corrected chi connectivity index (χ0v) is 26.6. The van der Waals surface area contributed by atoms with Crippen molar-refractivity contribution < 1.29 is 32.3 Å². The number of anilines is 1. The maximum absolute atomic E-state index is 14.3. The molecule has 1 aromatic heterocycles. The Morgan fingerprint density at radius 3 is 2.34 bits per heavy atom. The number of para-hydroxylation sites is 1. The monoisotopic (exact) mass is 647 g/mol. The zero-order valence-electron chi connectivity index (χ0n) is 26.6. The maximum Gasteiger partial charge on any atom is 0.416 e. The van der Waals surface area contributed by atoms with E-state index in [2.05, 4.69) is 15.7 Å². The lowest BCUT2D eigenvalue weighted by Crippen LogP contribution is -2.55. The van der Waals surface area contributed by atoms with Crippen LogP contribution in [0.4, 0.5) is 23.8 Å². The van der Waals surface area contributed by atoms with E-state index in [-0.39, 0.29) is 12.1 Å². The Kier molecular flexibility index (Phi) is 9.15. The molecule has 0 saturated carbocycles. The van der Waals surface area contributed by atoms with Crippen molar-refractivity contribution in [1.82, 2.24) is 20.4 Å². The van der Waals surface area contributed by atoms with Gasteiger partial charge in [-0.05, 0) is 76.1 Å². The van der Waals surface area contributed by atoms with Crippen LogP contribution in [0.15, 0.2) is 85.1 Å². The number of alkyl halides is 3. The molecule has 0 saturated heterocycles. The summed E-state index contributed by atoms with van der Waals surface area (Å²) in [6.07, 6.45) is -3.61. The van der Waals surface area contributed by atoms with Gasteiger partial charge in [0, 0.05) is 23.6 Å². The third kappa shape index (κ3) is 7.16. The van der Waals surface area contributed by atoms with E-state index in [1.165, 1.54) is 11.0 Å². The summed E-state index contributed by atoms with van der Waals surface area (Å²) >= 11 is 0. The number of alkyl carbamates (subject to hydrolysis) is 1. The second-order valence-electron chi connectivity index (χ2n) is 12.3. The molecule has 1 aliphatic heterocycles. The Bertz CT molecular complexity index is 1780. The molecule has 3 aromatic carbocycles. The fraction of sp³-hybridized carbons (Fsp3) is 0.314. The van der Waals surface area contributed by atoms with Crippen LogP contribution in [0.1, 0.15) is 79.2 Å². The number of aromatic nitrogens is 2. The smallest absolute Gasteiger partial charge is 0.416 e. The van der Waals surface area contributed by atoms with E-state index >= 15 is 0 Å². The van der Waals surface area contributed by atoms with E-state index in [1.807, 2.05) is 42.5 Å². The Balaban J connectivity index is 1.59. The largest absolute Gasteiger partial charge is 0.444 e. The van der Waals surface area contributed by atoms with Crippen molar-refractivity contribution in [1.29, 1.82) is 0 Å². The third-order valence-corrected chi connectivity index (χ3v) is 7.79. The average Bonchev–Trinajstić information content (AvgIpc) is 3.45. The van der Waals surface area contributed by atoms with Crippen molar-refractivity contribution in [2.75, 3.05) is 11.4 Å². The first kappa shape index (κ1) is 33.2. The van der Waals surface area contributed by atoms with Gasteiger partial charge >= 0.3 is 12.3 Å². The number of fused-ring (bicyclic) bond motifs is 1. The van der Waals surface area contributed by atoms with Crippen LogP contribution in [0.25, 0.3) is 5.69 Å². The van der Waals surface area contributed by atoms with Gasteiger partial charge in [-0.1, -0.05) is 48.5 Å². The van der Waals surface area contributed by atoms with Crippen LogP contribution < -0.4 is 15.5 Å². The molecule has 0 spiro atoms. The first-order chi connectivity index (χ1) is 22.2. The van der Waals surface area contributed by atoms with Crippen LogP contribution in [0.3, 0.4) is 0 Å². The molecule has 0 bridgehead atoms. The van der Waals surface area contributed by atoms with Gasteiger partial charge in [-0.25, -0.2) is 9.48 Å². The molecule has 12 heteroatoms. The standard InChI is InChI=1S/C35H36F3N5O4/c1-6-42-31-27(20-39-43(31)26-16-8-7-9-17-26)28(23-13-10-12-22(18-23)21(2)40-33(46)47-34(3,4)5)29(32(42)45)41-30(44)24-14-11-15-25(19-24)35(36,37)38/h7-21,28-29H,6H2,1-5H3,(H,40,46)(H,41,44)/t21-,28+,29-/m0/s1. The number of halogens is 3. The molecule has 2 N–H and O–H groups in total.